The lowest BCUT2D eigenvalue weighted by atomic mass is 10.0. The molecule has 0 saturated carbocycles. The predicted octanol–water partition coefficient (Wildman–Crippen LogP) is 2.40. The summed E-state index contributed by atoms with van der Waals surface area (Å²) in [6, 6.07) is 19.8. The molecule has 0 unspecified atom stereocenters. The molecule has 2 nitrogen and oxygen atoms in total. The van der Waals surface area contributed by atoms with E-state index in [-0.39, 0.29) is 5.48 Å². The quantitative estimate of drug-likeness (QED) is 0.692. The SMILES string of the molecule is N#Cc1ccccc1-c1ccccc1.O. The maximum atomic E-state index is 8.93. The van der Waals surface area contributed by atoms with E-state index in [2.05, 4.69) is 6.07 Å². The number of rotatable bonds is 1. The van der Waals surface area contributed by atoms with Crippen molar-refractivity contribution >= 4 is 0 Å². The molecule has 2 N–H and O–H groups in total. The second-order valence-electron chi connectivity index (χ2n) is 3.02. The zero-order chi connectivity index (χ0) is 9.80. The smallest absolute Gasteiger partial charge is 0.0998 e. The standard InChI is InChI=1S/C13H9N.H2O/c14-10-12-8-4-5-9-13(12)11-6-2-1-3-7-11;/h1-9H;1H2. The summed E-state index contributed by atoms with van der Waals surface area (Å²) < 4.78 is 0. The minimum atomic E-state index is 0. The summed E-state index contributed by atoms with van der Waals surface area (Å²) in [5, 5.41) is 8.93. The number of hydrogen-bond donors (Lipinski definition) is 0. The van der Waals surface area contributed by atoms with Crippen LogP contribution in [0.1, 0.15) is 5.56 Å². The molecule has 15 heavy (non-hydrogen) atoms. The Labute approximate surface area is 88.7 Å². The van der Waals surface area contributed by atoms with E-state index >= 15 is 0 Å². The van der Waals surface area contributed by atoms with Crippen LogP contribution in [0.4, 0.5) is 0 Å². The molecule has 0 aliphatic heterocycles. The third-order valence-corrected chi connectivity index (χ3v) is 2.13. The Morgan fingerprint density at radius 3 is 2.07 bits per heavy atom. The minimum absolute atomic E-state index is 0. The number of nitrogens with zero attached hydrogens (tertiary/aromatic N) is 1. The lowest BCUT2D eigenvalue weighted by molar-refractivity contribution is 0.824. The molecule has 2 rings (SSSR count). The Hall–Kier alpha value is -2.11. The Balaban J connectivity index is 0.00000112. The molecule has 2 aromatic carbocycles. The molecule has 0 spiro atoms. The molecule has 0 aliphatic rings. The van der Waals surface area contributed by atoms with Gasteiger partial charge in [0.25, 0.3) is 0 Å². The van der Waals surface area contributed by atoms with Crippen LogP contribution in [0, 0.1) is 11.3 Å². The third kappa shape index (κ3) is 2.22. The Kier molecular flexibility index (Phi) is 3.61. The first-order chi connectivity index (χ1) is 6.92. The van der Waals surface area contributed by atoms with Crippen LogP contribution in [0.25, 0.3) is 11.1 Å². The summed E-state index contributed by atoms with van der Waals surface area (Å²) in [7, 11) is 0. The van der Waals surface area contributed by atoms with Crippen molar-refractivity contribution in [3.05, 3.63) is 60.2 Å². The molecule has 0 amide bonds. The molecule has 0 heterocycles. The molecule has 2 aromatic rings. The maximum absolute atomic E-state index is 8.93. The van der Waals surface area contributed by atoms with Gasteiger partial charge in [0.1, 0.15) is 0 Å². The fraction of sp³-hybridized carbons (Fsp3) is 0. The molecular formula is C13H11NO. The Bertz CT molecular complexity index is 471. The van der Waals surface area contributed by atoms with Gasteiger partial charge in [-0.1, -0.05) is 48.5 Å². The van der Waals surface area contributed by atoms with Crippen LogP contribution in [0.2, 0.25) is 0 Å². The normalized spacial score (nSPS) is 8.73. The van der Waals surface area contributed by atoms with Gasteiger partial charge in [0, 0.05) is 0 Å². The van der Waals surface area contributed by atoms with Gasteiger partial charge in [0.05, 0.1) is 11.6 Å². The first-order valence-corrected chi connectivity index (χ1v) is 4.46. The van der Waals surface area contributed by atoms with E-state index in [1.165, 1.54) is 0 Å². The van der Waals surface area contributed by atoms with Gasteiger partial charge < -0.3 is 5.48 Å². The summed E-state index contributed by atoms with van der Waals surface area (Å²) >= 11 is 0. The van der Waals surface area contributed by atoms with Gasteiger partial charge in [0.2, 0.25) is 0 Å². The second kappa shape index (κ2) is 4.94. The zero-order valence-electron chi connectivity index (χ0n) is 8.14. The van der Waals surface area contributed by atoms with Gasteiger partial charge in [-0.2, -0.15) is 5.26 Å². The van der Waals surface area contributed by atoms with E-state index in [4.69, 9.17) is 5.26 Å². The summed E-state index contributed by atoms with van der Waals surface area (Å²) in [6.07, 6.45) is 0. The van der Waals surface area contributed by atoms with E-state index in [0.29, 0.717) is 0 Å². The Morgan fingerprint density at radius 1 is 0.800 bits per heavy atom. The highest BCUT2D eigenvalue weighted by Crippen LogP contribution is 2.22. The lowest BCUT2D eigenvalue weighted by Crippen LogP contribution is -1.82. The lowest BCUT2D eigenvalue weighted by Gasteiger charge is -2.02. The van der Waals surface area contributed by atoms with Crippen LogP contribution in [0.5, 0.6) is 0 Å². The average Bonchev–Trinajstić information content (AvgIpc) is 2.30. The van der Waals surface area contributed by atoms with Gasteiger partial charge in [-0.25, -0.2) is 0 Å². The van der Waals surface area contributed by atoms with Crippen molar-refractivity contribution in [3.63, 3.8) is 0 Å². The van der Waals surface area contributed by atoms with Gasteiger partial charge in [-0.15, -0.1) is 0 Å². The van der Waals surface area contributed by atoms with Crippen molar-refractivity contribution in [2.45, 2.75) is 0 Å². The molecular weight excluding hydrogens is 186 g/mol. The Morgan fingerprint density at radius 2 is 1.40 bits per heavy atom. The number of nitriles is 1. The summed E-state index contributed by atoms with van der Waals surface area (Å²) in [5.41, 5.74) is 2.80. The van der Waals surface area contributed by atoms with Gasteiger partial charge in [0.15, 0.2) is 0 Å². The van der Waals surface area contributed by atoms with E-state index in [1.54, 1.807) is 0 Å². The van der Waals surface area contributed by atoms with E-state index in [0.717, 1.165) is 16.7 Å². The molecule has 2 heteroatoms. The van der Waals surface area contributed by atoms with Gasteiger partial charge >= 0.3 is 0 Å². The molecule has 0 bridgehead atoms. The van der Waals surface area contributed by atoms with Crippen molar-refractivity contribution < 1.29 is 5.48 Å². The van der Waals surface area contributed by atoms with Crippen LogP contribution in [0.15, 0.2) is 54.6 Å². The molecule has 0 saturated heterocycles. The summed E-state index contributed by atoms with van der Waals surface area (Å²) in [4.78, 5) is 0. The van der Waals surface area contributed by atoms with Crippen LogP contribution in [-0.2, 0) is 0 Å². The molecule has 0 atom stereocenters. The van der Waals surface area contributed by atoms with Crippen molar-refractivity contribution in [1.82, 2.24) is 0 Å². The summed E-state index contributed by atoms with van der Waals surface area (Å²) in [6.45, 7) is 0. The molecule has 0 aromatic heterocycles. The highest BCUT2D eigenvalue weighted by atomic mass is 16.0. The van der Waals surface area contributed by atoms with E-state index < -0.39 is 0 Å². The minimum Gasteiger partial charge on any atom is -0.412 e. The molecule has 0 aliphatic carbocycles. The molecule has 0 fully saturated rings. The highest BCUT2D eigenvalue weighted by Gasteiger charge is 2.01. The van der Waals surface area contributed by atoms with Gasteiger partial charge in [-0.3, -0.25) is 0 Å². The van der Waals surface area contributed by atoms with Crippen LogP contribution < -0.4 is 0 Å². The molecule has 0 radical (unpaired) electrons. The fourth-order valence-electron chi connectivity index (χ4n) is 1.45. The zero-order valence-corrected chi connectivity index (χ0v) is 8.14. The van der Waals surface area contributed by atoms with E-state index in [9.17, 15) is 0 Å². The van der Waals surface area contributed by atoms with Crippen molar-refractivity contribution in [1.29, 1.82) is 5.26 Å². The molecule has 74 valence electrons. The average molecular weight is 197 g/mol. The van der Waals surface area contributed by atoms with E-state index in [1.807, 2.05) is 54.6 Å². The van der Waals surface area contributed by atoms with Crippen molar-refractivity contribution in [2.24, 2.45) is 0 Å². The van der Waals surface area contributed by atoms with Crippen molar-refractivity contribution in [2.75, 3.05) is 0 Å². The second-order valence-corrected chi connectivity index (χ2v) is 3.02. The third-order valence-electron chi connectivity index (χ3n) is 2.13. The predicted molar refractivity (Wildman–Crippen MR) is 60.2 cm³/mol. The largest absolute Gasteiger partial charge is 0.412 e. The number of hydrogen-bond acceptors (Lipinski definition) is 1. The van der Waals surface area contributed by atoms with Crippen LogP contribution in [0.3, 0.4) is 0 Å². The highest BCUT2D eigenvalue weighted by molar-refractivity contribution is 5.70. The monoisotopic (exact) mass is 197 g/mol. The van der Waals surface area contributed by atoms with Crippen LogP contribution >= 0.6 is 0 Å². The first kappa shape index (κ1) is 11.0. The first-order valence-electron chi connectivity index (χ1n) is 4.46. The van der Waals surface area contributed by atoms with Crippen LogP contribution in [-0.4, -0.2) is 5.48 Å². The van der Waals surface area contributed by atoms with Gasteiger partial charge in [-0.05, 0) is 17.2 Å². The topological polar surface area (TPSA) is 55.3 Å². The van der Waals surface area contributed by atoms with Crippen molar-refractivity contribution in [3.8, 4) is 17.2 Å². The number of benzene rings is 2. The summed E-state index contributed by atoms with van der Waals surface area (Å²) in [5.74, 6) is 0. The maximum Gasteiger partial charge on any atom is 0.0998 e. The fourth-order valence-corrected chi connectivity index (χ4v) is 1.45.